The molecule has 100 valence electrons. The van der Waals surface area contributed by atoms with Gasteiger partial charge in [0.1, 0.15) is 11.9 Å². The van der Waals surface area contributed by atoms with Crippen LogP contribution in [0.25, 0.3) is 0 Å². The molecule has 1 fully saturated rings. The third-order valence-corrected chi connectivity index (χ3v) is 3.86. The lowest BCUT2D eigenvalue weighted by Crippen LogP contribution is -2.44. The number of rotatable bonds is 3. The lowest BCUT2D eigenvalue weighted by molar-refractivity contribution is 0.0622. The Labute approximate surface area is 110 Å². The number of nitrogens with two attached hydrogens (primary N) is 1. The van der Waals surface area contributed by atoms with Crippen LogP contribution in [-0.4, -0.2) is 31.1 Å². The number of hydrogen-bond acceptors (Lipinski definition) is 3. The van der Waals surface area contributed by atoms with Gasteiger partial charge in [0.25, 0.3) is 0 Å². The van der Waals surface area contributed by atoms with E-state index >= 15 is 0 Å². The van der Waals surface area contributed by atoms with E-state index in [0.29, 0.717) is 12.1 Å². The molecule has 0 bridgehead atoms. The first-order chi connectivity index (χ1) is 8.58. The minimum absolute atomic E-state index is 0.303. The number of hydrogen-bond donors (Lipinski definition) is 1. The Hall–Kier alpha value is -1.22. The van der Waals surface area contributed by atoms with Crippen molar-refractivity contribution in [3.63, 3.8) is 0 Å². The summed E-state index contributed by atoms with van der Waals surface area (Å²) in [5, 5.41) is 0. The van der Waals surface area contributed by atoms with Crippen molar-refractivity contribution in [2.24, 2.45) is 0 Å². The van der Waals surface area contributed by atoms with Crippen LogP contribution in [0.1, 0.15) is 31.2 Å². The van der Waals surface area contributed by atoms with E-state index < -0.39 is 0 Å². The van der Waals surface area contributed by atoms with E-state index in [1.165, 1.54) is 19.3 Å². The van der Waals surface area contributed by atoms with E-state index in [1.807, 2.05) is 25.1 Å². The van der Waals surface area contributed by atoms with Gasteiger partial charge < -0.3 is 15.4 Å². The topological polar surface area (TPSA) is 38.5 Å². The summed E-state index contributed by atoms with van der Waals surface area (Å²) in [6.07, 6.45) is 5.25. The number of anilines is 1. The second-order valence-corrected chi connectivity index (χ2v) is 5.49. The zero-order valence-corrected chi connectivity index (χ0v) is 11.6. The maximum Gasteiger partial charge on any atom is 0.120 e. The number of nitrogens with zero attached hydrogens (tertiary/aromatic N) is 1. The molecule has 2 rings (SSSR count). The van der Waals surface area contributed by atoms with Crippen LogP contribution in [0, 0.1) is 6.92 Å². The average molecular weight is 248 g/mol. The van der Waals surface area contributed by atoms with Gasteiger partial charge in [0.2, 0.25) is 0 Å². The summed E-state index contributed by atoms with van der Waals surface area (Å²) in [4.78, 5) is 2.29. The summed E-state index contributed by atoms with van der Waals surface area (Å²) in [5.41, 5.74) is 7.75. The first-order valence-electron chi connectivity index (χ1n) is 6.77. The number of benzene rings is 1. The van der Waals surface area contributed by atoms with Gasteiger partial charge in [-0.1, -0.05) is 6.42 Å². The smallest absolute Gasteiger partial charge is 0.120 e. The monoisotopic (exact) mass is 248 g/mol. The van der Waals surface area contributed by atoms with Crippen molar-refractivity contribution in [1.29, 1.82) is 0 Å². The molecule has 0 aliphatic heterocycles. The fraction of sp³-hybridized carbons (Fsp3) is 0.600. The van der Waals surface area contributed by atoms with Crippen LogP contribution in [0.15, 0.2) is 18.2 Å². The van der Waals surface area contributed by atoms with Gasteiger partial charge in [-0.05, 0) is 64.0 Å². The minimum atomic E-state index is 0.303. The predicted molar refractivity (Wildman–Crippen MR) is 76.0 cm³/mol. The molecule has 2 unspecified atom stereocenters. The quantitative estimate of drug-likeness (QED) is 0.836. The fourth-order valence-electron chi connectivity index (χ4n) is 2.70. The standard InChI is InChI=1S/C15H24N2O/c1-11-10-12(8-9-13(11)16)18-15-7-5-4-6-14(15)17(2)3/h8-10,14-15H,4-7,16H2,1-3H3. The Balaban J connectivity index is 2.08. The van der Waals surface area contributed by atoms with Gasteiger partial charge in [0.05, 0.1) is 0 Å². The van der Waals surface area contributed by atoms with Gasteiger partial charge >= 0.3 is 0 Å². The summed E-state index contributed by atoms with van der Waals surface area (Å²) < 4.78 is 6.17. The van der Waals surface area contributed by atoms with Crippen LogP contribution in [0.3, 0.4) is 0 Å². The van der Waals surface area contributed by atoms with Gasteiger partial charge in [-0.3, -0.25) is 0 Å². The van der Waals surface area contributed by atoms with Gasteiger partial charge in [-0.15, -0.1) is 0 Å². The fourth-order valence-corrected chi connectivity index (χ4v) is 2.70. The third-order valence-electron chi connectivity index (χ3n) is 3.86. The highest BCUT2D eigenvalue weighted by Crippen LogP contribution is 2.27. The maximum atomic E-state index is 6.17. The molecule has 1 aromatic carbocycles. The van der Waals surface area contributed by atoms with Crippen molar-refractivity contribution in [2.75, 3.05) is 19.8 Å². The largest absolute Gasteiger partial charge is 0.489 e. The molecule has 0 spiro atoms. The predicted octanol–water partition coefficient (Wildman–Crippen LogP) is 2.83. The second kappa shape index (κ2) is 5.61. The first-order valence-corrected chi connectivity index (χ1v) is 6.77. The van der Waals surface area contributed by atoms with Crippen molar-refractivity contribution in [2.45, 2.75) is 44.8 Å². The highest BCUT2D eigenvalue weighted by atomic mass is 16.5. The molecule has 2 N–H and O–H groups in total. The molecule has 0 heterocycles. The molecule has 3 nitrogen and oxygen atoms in total. The van der Waals surface area contributed by atoms with Crippen LogP contribution in [0.4, 0.5) is 5.69 Å². The molecule has 1 saturated carbocycles. The molecule has 0 amide bonds. The normalized spacial score (nSPS) is 24.2. The number of ether oxygens (including phenoxy) is 1. The summed E-state index contributed by atoms with van der Waals surface area (Å²) in [5.74, 6) is 0.945. The van der Waals surface area contributed by atoms with Gasteiger partial charge in [-0.2, -0.15) is 0 Å². The van der Waals surface area contributed by atoms with E-state index in [1.54, 1.807) is 0 Å². The lowest BCUT2D eigenvalue weighted by Gasteiger charge is -2.36. The molecule has 18 heavy (non-hydrogen) atoms. The number of nitrogen functional groups attached to an aromatic ring is 1. The van der Waals surface area contributed by atoms with E-state index in [0.717, 1.165) is 23.4 Å². The summed E-state index contributed by atoms with van der Waals surface area (Å²) >= 11 is 0. The zero-order chi connectivity index (χ0) is 13.1. The molecular weight excluding hydrogens is 224 g/mol. The molecular formula is C15H24N2O. The highest BCUT2D eigenvalue weighted by Gasteiger charge is 2.28. The van der Waals surface area contributed by atoms with Gasteiger partial charge in [-0.25, -0.2) is 0 Å². The molecule has 0 aromatic heterocycles. The molecule has 1 aliphatic carbocycles. The number of aryl methyl sites for hydroxylation is 1. The molecule has 1 aromatic rings. The zero-order valence-electron chi connectivity index (χ0n) is 11.6. The third kappa shape index (κ3) is 2.96. The summed E-state index contributed by atoms with van der Waals surface area (Å²) in [7, 11) is 4.28. The Kier molecular flexibility index (Phi) is 4.12. The van der Waals surface area contributed by atoms with Crippen LogP contribution >= 0.6 is 0 Å². The van der Waals surface area contributed by atoms with Crippen molar-refractivity contribution in [3.05, 3.63) is 23.8 Å². The second-order valence-electron chi connectivity index (χ2n) is 5.49. The Morgan fingerprint density at radius 2 is 1.94 bits per heavy atom. The molecule has 1 aliphatic rings. The van der Waals surface area contributed by atoms with Crippen LogP contribution in [0.5, 0.6) is 5.75 Å². The molecule has 2 atom stereocenters. The van der Waals surface area contributed by atoms with Crippen molar-refractivity contribution >= 4 is 5.69 Å². The first kappa shape index (κ1) is 13.2. The van der Waals surface area contributed by atoms with Crippen LogP contribution < -0.4 is 10.5 Å². The van der Waals surface area contributed by atoms with E-state index in [9.17, 15) is 0 Å². The van der Waals surface area contributed by atoms with Crippen molar-refractivity contribution in [1.82, 2.24) is 4.90 Å². The lowest BCUT2D eigenvalue weighted by atomic mass is 9.91. The molecule has 0 radical (unpaired) electrons. The maximum absolute atomic E-state index is 6.17. The summed E-state index contributed by atoms with van der Waals surface area (Å²) in [6.45, 7) is 2.02. The number of likely N-dealkylation sites (N-methyl/N-ethyl adjacent to an activating group) is 1. The van der Waals surface area contributed by atoms with Crippen molar-refractivity contribution in [3.8, 4) is 5.75 Å². The SMILES string of the molecule is Cc1cc(OC2CCCCC2N(C)C)ccc1N. The Morgan fingerprint density at radius 1 is 1.22 bits per heavy atom. The van der Waals surface area contributed by atoms with E-state index in [-0.39, 0.29) is 0 Å². The van der Waals surface area contributed by atoms with Gasteiger partial charge in [0.15, 0.2) is 0 Å². The van der Waals surface area contributed by atoms with Crippen molar-refractivity contribution < 1.29 is 4.74 Å². The Bertz CT molecular complexity index is 403. The molecule has 0 saturated heterocycles. The minimum Gasteiger partial charge on any atom is -0.489 e. The van der Waals surface area contributed by atoms with Crippen LogP contribution in [-0.2, 0) is 0 Å². The van der Waals surface area contributed by atoms with Gasteiger partial charge in [0, 0.05) is 11.7 Å². The van der Waals surface area contributed by atoms with E-state index in [4.69, 9.17) is 10.5 Å². The van der Waals surface area contributed by atoms with Crippen LogP contribution in [0.2, 0.25) is 0 Å². The average Bonchev–Trinajstić information content (AvgIpc) is 2.34. The summed E-state index contributed by atoms with van der Waals surface area (Å²) in [6, 6.07) is 6.47. The highest BCUT2D eigenvalue weighted by molar-refractivity contribution is 5.49. The molecule has 3 heteroatoms. The van der Waals surface area contributed by atoms with E-state index in [2.05, 4.69) is 19.0 Å². The Morgan fingerprint density at radius 3 is 2.61 bits per heavy atom.